The molecule has 1 fully saturated rings. The number of rotatable bonds is 5. The van der Waals surface area contributed by atoms with Crippen molar-refractivity contribution >= 4 is 0 Å². The maximum absolute atomic E-state index is 5.37. The van der Waals surface area contributed by atoms with Crippen LogP contribution >= 0.6 is 0 Å². The van der Waals surface area contributed by atoms with Crippen LogP contribution in [0.1, 0.15) is 33.1 Å². The van der Waals surface area contributed by atoms with E-state index in [2.05, 4.69) is 10.2 Å². The van der Waals surface area contributed by atoms with Crippen LogP contribution in [0.3, 0.4) is 0 Å². The zero-order chi connectivity index (χ0) is 10.6. The lowest BCUT2D eigenvalue weighted by atomic mass is 10.1. The van der Waals surface area contributed by atoms with Crippen molar-refractivity contribution < 1.29 is 0 Å². The first-order valence-corrected chi connectivity index (χ1v) is 6.06. The molecular weight excluding hydrogens is 174 g/mol. The van der Waals surface area contributed by atoms with Gasteiger partial charge in [0.05, 0.1) is 0 Å². The van der Waals surface area contributed by atoms with Gasteiger partial charge in [0.15, 0.2) is 0 Å². The van der Waals surface area contributed by atoms with E-state index in [1.165, 1.54) is 38.9 Å². The summed E-state index contributed by atoms with van der Waals surface area (Å²) >= 11 is 0. The SMILES string of the molecule is CC.NCCNCCN1CCCCC1. The van der Waals surface area contributed by atoms with Gasteiger partial charge in [-0.1, -0.05) is 20.3 Å². The number of hydrogen-bond acceptors (Lipinski definition) is 3. The molecule has 3 heteroatoms. The van der Waals surface area contributed by atoms with Crippen LogP contribution in [0.5, 0.6) is 0 Å². The molecular formula is C11H27N3. The summed E-state index contributed by atoms with van der Waals surface area (Å²) in [5.41, 5.74) is 5.37. The Morgan fingerprint density at radius 3 is 2.29 bits per heavy atom. The van der Waals surface area contributed by atoms with Gasteiger partial charge in [-0.15, -0.1) is 0 Å². The van der Waals surface area contributed by atoms with Crippen molar-refractivity contribution in [2.75, 3.05) is 39.3 Å². The first kappa shape index (κ1) is 13.9. The normalized spacial score (nSPS) is 17.4. The van der Waals surface area contributed by atoms with E-state index in [-0.39, 0.29) is 0 Å². The van der Waals surface area contributed by atoms with Gasteiger partial charge in [0, 0.05) is 26.2 Å². The monoisotopic (exact) mass is 201 g/mol. The van der Waals surface area contributed by atoms with E-state index in [1.54, 1.807) is 0 Å². The maximum atomic E-state index is 5.37. The number of nitrogens with one attached hydrogen (secondary N) is 1. The molecule has 0 aromatic rings. The molecule has 0 atom stereocenters. The molecule has 1 rings (SSSR count). The highest BCUT2D eigenvalue weighted by Gasteiger charge is 2.08. The van der Waals surface area contributed by atoms with Crippen molar-refractivity contribution in [2.24, 2.45) is 5.73 Å². The molecule has 0 aliphatic carbocycles. The molecule has 0 radical (unpaired) electrons. The van der Waals surface area contributed by atoms with Crippen molar-refractivity contribution in [3.63, 3.8) is 0 Å². The van der Waals surface area contributed by atoms with E-state index >= 15 is 0 Å². The minimum Gasteiger partial charge on any atom is -0.329 e. The van der Waals surface area contributed by atoms with Crippen LogP contribution in [0, 0.1) is 0 Å². The largest absolute Gasteiger partial charge is 0.329 e. The van der Waals surface area contributed by atoms with Crippen LogP contribution in [-0.2, 0) is 0 Å². The predicted octanol–water partition coefficient (Wildman–Crippen LogP) is 1.05. The second-order valence-electron chi connectivity index (χ2n) is 3.44. The van der Waals surface area contributed by atoms with Crippen LogP contribution in [0.15, 0.2) is 0 Å². The first-order chi connectivity index (χ1) is 6.93. The lowest BCUT2D eigenvalue weighted by molar-refractivity contribution is 0.229. The fourth-order valence-corrected chi connectivity index (χ4v) is 1.65. The Hall–Kier alpha value is -0.120. The molecule has 0 saturated carbocycles. The number of nitrogens with two attached hydrogens (primary N) is 1. The highest BCUT2D eigenvalue weighted by molar-refractivity contribution is 4.65. The van der Waals surface area contributed by atoms with E-state index in [9.17, 15) is 0 Å². The predicted molar refractivity (Wildman–Crippen MR) is 63.6 cm³/mol. The summed E-state index contributed by atoms with van der Waals surface area (Å²) < 4.78 is 0. The van der Waals surface area contributed by atoms with Crippen molar-refractivity contribution in [3.8, 4) is 0 Å². The summed E-state index contributed by atoms with van der Waals surface area (Å²) in [5, 5.41) is 3.32. The van der Waals surface area contributed by atoms with Crippen molar-refractivity contribution in [2.45, 2.75) is 33.1 Å². The molecule has 3 nitrogen and oxygen atoms in total. The summed E-state index contributed by atoms with van der Waals surface area (Å²) in [6.07, 6.45) is 4.19. The summed E-state index contributed by atoms with van der Waals surface area (Å²) in [6, 6.07) is 0. The number of likely N-dealkylation sites (tertiary alicyclic amines) is 1. The molecule has 86 valence electrons. The number of nitrogens with zero attached hydrogens (tertiary/aromatic N) is 1. The van der Waals surface area contributed by atoms with Gasteiger partial charge in [0.25, 0.3) is 0 Å². The maximum Gasteiger partial charge on any atom is 0.0107 e. The molecule has 3 N–H and O–H groups in total. The minimum absolute atomic E-state index is 0.750. The van der Waals surface area contributed by atoms with Crippen LogP contribution in [0.2, 0.25) is 0 Å². The highest BCUT2D eigenvalue weighted by atomic mass is 15.1. The van der Waals surface area contributed by atoms with Gasteiger partial charge in [-0.2, -0.15) is 0 Å². The van der Waals surface area contributed by atoms with Crippen LogP contribution < -0.4 is 11.1 Å². The Kier molecular flexibility index (Phi) is 10.9. The minimum atomic E-state index is 0.750. The van der Waals surface area contributed by atoms with Crippen molar-refractivity contribution in [1.82, 2.24) is 10.2 Å². The first-order valence-electron chi connectivity index (χ1n) is 6.06. The molecule has 1 heterocycles. The van der Waals surface area contributed by atoms with E-state index in [4.69, 9.17) is 5.73 Å². The third-order valence-electron chi connectivity index (χ3n) is 2.37. The van der Waals surface area contributed by atoms with Gasteiger partial charge in [-0.25, -0.2) is 0 Å². The Labute approximate surface area is 89.0 Å². The molecule has 0 aromatic heterocycles. The summed E-state index contributed by atoms with van der Waals surface area (Å²) in [7, 11) is 0. The quantitative estimate of drug-likeness (QED) is 0.653. The smallest absolute Gasteiger partial charge is 0.0107 e. The molecule has 1 aliphatic heterocycles. The van der Waals surface area contributed by atoms with Gasteiger partial charge < -0.3 is 16.0 Å². The molecule has 0 spiro atoms. The van der Waals surface area contributed by atoms with Crippen molar-refractivity contribution in [3.05, 3.63) is 0 Å². The molecule has 0 amide bonds. The number of piperidine rings is 1. The van der Waals surface area contributed by atoms with Gasteiger partial charge >= 0.3 is 0 Å². The number of hydrogen-bond donors (Lipinski definition) is 2. The van der Waals surface area contributed by atoms with Crippen LogP contribution in [0.25, 0.3) is 0 Å². The zero-order valence-corrected chi connectivity index (χ0v) is 9.89. The Morgan fingerprint density at radius 1 is 1.07 bits per heavy atom. The standard InChI is InChI=1S/C9H21N3.C2H6/c10-4-5-11-6-9-12-7-2-1-3-8-12;1-2/h11H,1-10H2;1-2H3. The Balaban J connectivity index is 0.000000791. The van der Waals surface area contributed by atoms with E-state index in [0.29, 0.717) is 0 Å². The van der Waals surface area contributed by atoms with Gasteiger partial charge in [-0.05, 0) is 25.9 Å². The topological polar surface area (TPSA) is 41.3 Å². The third kappa shape index (κ3) is 7.30. The lowest BCUT2D eigenvalue weighted by Crippen LogP contribution is -2.37. The average Bonchev–Trinajstić information content (AvgIpc) is 2.29. The third-order valence-corrected chi connectivity index (χ3v) is 2.37. The summed E-state index contributed by atoms with van der Waals surface area (Å²) in [6.45, 7) is 10.6. The fraction of sp³-hybridized carbons (Fsp3) is 1.00. The molecule has 0 unspecified atom stereocenters. The summed E-state index contributed by atoms with van der Waals surface area (Å²) in [4.78, 5) is 2.53. The van der Waals surface area contributed by atoms with E-state index < -0.39 is 0 Å². The van der Waals surface area contributed by atoms with Gasteiger partial charge in [0.1, 0.15) is 0 Å². The molecule has 14 heavy (non-hydrogen) atoms. The van der Waals surface area contributed by atoms with Gasteiger partial charge in [0.2, 0.25) is 0 Å². The van der Waals surface area contributed by atoms with Crippen molar-refractivity contribution in [1.29, 1.82) is 0 Å². The van der Waals surface area contributed by atoms with Crippen LogP contribution in [0.4, 0.5) is 0 Å². The second-order valence-corrected chi connectivity index (χ2v) is 3.44. The molecule has 1 saturated heterocycles. The zero-order valence-electron chi connectivity index (χ0n) is 9.89. The molecule has 0 aromatic carbocycles. The summed E-state index contributed by atoms with van der Waals surface area (Å²) in [5.74, 6) is 0. The van der Waals surface area contributed by atoms with E-state index in [1.807, 2.05) is 13.8 Å². The van der Waals surface area contributed by atoms with E-state index in [0.717, 1.165) is 19.6 Å². The molecule has 0 bridgehead atoms. The Morgan fingerprint density at radius 2 is 1.71 bits per heavy atom. The second kappa shape index (κ2) is 11.0. The van der Waals surface area contributed by atoms with Crippen LogP contribution in [-0.4, -0.2) is 44.2 Å². The highest BCUT2D eigenvalue weighted by Crippen LogP contribution is 2.06. The lowest BCUT2D eigenvalue weighted by Gasteiger charge is -2.26. The Bertz CT molecular complexity index is 101. The molecule has 1 aliphatic rings. The average molecular weight is 201 g/mol. The fourth-order valence-electron chi connectivity index (χ4n) is 1.65. The van der Waals surface area contributed by atoms with Gasteiger partial charge in [-0.3, -0.25) is 0 Å².